The summed E-state index contributed by atoms with van der Waals surface area (Å²) in [6.45, 7) is 13.8. The van der Waals surface area contributed by atoms with Crippen LogP contribution in [0.4, 0.5) is 0 Å². The second kappa shape index (κ2) is 6.13. The average Bonchev–Trinajstić information content (AvgIpc) is 3.27. The lowest BCUT2D eigenvalue weighted by Gasteiger charge is -2.32. The molecule has 1 heterocycles. The van der Waals surface area contributed by atoms with Crippen molar-refractivity contribution in [1.82, 2.24) is 4.90 Å². The van der Waals surface area contributed by atoms with Crippen LogP contribution in [0.25, 0.3) is 0 Å². The van der Waals surface area contributed by atoms with Gasteiger partial charge in [-0.2, -0.15) is 0 Å². The Morgan fingerprint density at radius 3 is 2.08 bits per heavy atom. The maximum absolute atomic E-state index is 13.4. The van der Waals surface area contributed by atoms with Gasteiger partial charge in [-0.15, -0.1) is 0 Å². The molecule has 2 atom stereocenters. The molecule has 0 aromatic heterocycles. The summed E-state index contributed by atoms with van der Waals surface area (Å²) in [7, 11) is -0.343. The molecule has 1 aromatic carbocycles. The molecule has 1 aliphatic carbocycles. The van der Waals surface area contributed by atoms with Crippen molar-refractivity contribution in [3.05, 3.63) is 35.9 Å². The van der Waals surface area contributed by atoms with Gasteiger partial charge in [-0.3, -0.25) is 4.79 Å². The minimum absolute atomic E-state index is 0.0593. The molecule has 2 fully saturated rings. The summed E-state index contributed by atoms with van der Waals surface area (Å²) in [5.74, 6) is 0.257. The minimum atomic E-state index is -0.519. The second-order valence-corrected chi connectivity index (χ2v) is 8.25. The Balaban J connectivity index is 1.93. The molecule has 2 aliphatic rings. The highest BCUT2D eigenvalue weighted by Gasteiger charge is 2.71. The zero-order valence-corrected chi connectivity index (χ0v) is 16.3. The second-order valence-electron chi connectivity index (χ2n) is 8.25. The van der Waals surface area contributed by atoms with Crippen molar-refractivity contribution in [2.24, 2.45) is 0 Å². The van der Waals surface area contributed by atoms with E-state index >= 15 is 0 Å². The summed E-state index contributed by atoms with van der Waals surface area (Å²) < 4.78 is 12.5. The molecule has 1 saturated carbocycles. The predicted molar refractivity (Wildman–Crippen MR) is 100 cm³/mol. The summed E-state index contributed by atoms with van der Waals surface area (Å²) in [5, 5.41) is 0. The maximum atomic E-state index is 13.4. The number of rotatable bonds is 5. The van der Waals surface area contributed by atoms with E-state index < -0.39 is 5.41 Å². The Labute approximate surface area is 152 Å². The first kappa shape index (κ1) is 18.5. The third-order valence-electron chi connectivity index (χ3n) is 6.34. The van der Waals surface area contributed by atoms with Crippen molar-refractivity contribution in [3.63, 3.8) is 0 Å². The van der Waals surface area contributed by atoms with Gasteiger partial charge in [0.05, 0.1) is 16.6 Å². The van der Waals surface area contributed by atoms with Gasteiger partial charge < -0.3 is 14.2 Å². The Bertz CT molecular complexity index is 626. The fourth-order valence-corrected chi connectivity index (χ4v) is 3.90. The SMILES string of the molecule is CCN(CC)C(=O)[C@@]1(c2ccccc2)C[C@H]1B1OC(C)(C)C(C)(C)O1. The molecule has 136 valence electrons. The standard InChI is InChI=1S/C20H30BNO3/c1-7-22(8-2)17(23)20(15-12-10-9-11-13-15)14-16(20)21-24-18(3,4)19(5,6)25-21/h9-13,16H,7-8,14H2,1-6H3/t16-,20-/m1/s1. The summed E-state index contributed by atoms with van der Waals surface area (Å²) in [5.41, 5.74) is -0.192. The van der Waals surface area contributed by atoms with E-state index in [1.165, 1.54) is 0 Å². The molecule has 0 N–H and O–H groups in total. The number of carbonyl (C=O) groups is 1. The van der Waals surface area contributed by atoms with E-state index in [9.17, 15) is 4.79 Å². The summed E-state index contributed by atoms with van der Waals surface area (Å²) in [4.78, 5) is 15.3. The van der Waals surface area contributed by atoms with Crippen LogP contribution in [0.2, 0.25) is 5.82 Å². The summed E-state index contributed by atoms with van der Waals surface area (Å²) >= 11 is 0. The van der Waals surface area contributed by atoms with Gasteiger partial charge >= 0.3 is 7.12 Å². The van der Waals surface area contributed by atoms with Crippen LogP contribution in [0, 0.1) is 0 Å². The van der Waals surface area contributed by atoms with Gasteiger partial charge in [-0.05, 0) is 53.5 Å². The first-order valence-corrected chi connectivity index (χ1v) is 9.40. The van der Waals surface area contributed by atoms with Crippen molar-refractivity contribution in [3.8, 4) is 0 Å². The van der Waals surface area contributed by atoms with Gasteiger partial charge in [0.2, 0.25) is 5.91 Å². The van der Waals surface area contributed by atoms with Crippen LogP contribution in [0.3, 0.4) is 0 Å². The van der Waals surface area contributed by atoms with Crippen LogP contribution in [-0.2, 0) is 19.5 Å². The summed E-state index contributed by atoms with van der Waals surface area (Å²) in [6, 6.07) is 10.1. The molecular formula is C20H30BNO3. The van der Waals surface area contributed by atoms with E-state index in [2.05, 4.69) is 39.8 Å². The van der Waals surface area contributed by atoms with Gasteiger partial charge in [0.1, 0.15) is 0 Å². The van der Waals surface area contributed by atoms with Crippen LogP contribution >= 0.6 is 0 Å². The Morgan fingerprint density at radius 1 is 1.08 bits per heavy atom. The van der Waals surface area contributed by atoms with Gasteiger partial charge in [-0.1, -0.05) is 30.3 Å². The minimum Gasteiger partial charge on any atom is -0.403 e. The molecule has 1 aromatic rings. The molecule has 1 amide bonds. The first-order chi connectivity index (χ1) is 11.7. The van der Waals surface area contributed by atoms with Crippen molar-refractivity contribution in [2.45, 2.75) is 70.4 Å². The van der Waals surface area contributed by atoms with E-state index in [0.29, 0.717) is 0 Å². The zero-order chi connectivity index (χ0) is 18.5. The Hall–Kier alpha value is -1.33. The molecule has 0 radical (unpaired) electrons. The largest absolute Gasteiger partial charge is 0.462 e. The molecule has 25 heavy (non-hydrogen) atoms. The lowest BCUT2D eigenvalue weighted by atomic mass is 9.74. The average molecular weight is 343 g/mol. The highest BCUT2D eigenvalue weighted by molar-refractivity contribution is 6.50. The van der Waals surface area contributed by atoms with Gasteiger partial charge in [0.25, 0.3) is 0 Å². The predicted octanol–water partition coefficient (Wildman–Crippen LogP) is 3.66. The Morgan fingerprint density at radius 2 is 1.60 bits per heavy atom. The number of amides is 1. The topological polar surface area (TPSA) is 38.8 Å². The van der Waals surface area contributed by atoms with E-state index in [0.717, 1.165) is 25.1 Å². The molecule has 0 bridgehead atoms. The normalized spacial score (nSPS) is 29.5. The number of benzene rings is 1. The number of likely N-dealkylation sites (N-methyl/N-ethyl adjacent to an activating group) is 1. The van der Waals surface area contributed by atoms with Gasteiger partial charge in [0, 0.05) is 18.9 Å². The van der Waals surface area contributed by atoms with Crippen molar-refractivity contribution in [1.29, 1.82) is 0 Å². The fourth-order valence-electron chi connectivity index (χ4n) is 3.90. The van der Waals surface area contributed by atoms with E-state index in [4.69, 9.17) is 9.31 Å². The lowest BCUT2D eigenvalue weighted by Crippen LogP contribution is -2.41. The smallest absolute Gasteiger partial charge is 0.403 e. The molecule has 1 saturated heterocycles. The van der Waals surface area contributed by atoms with Crippen LogP contribution in [0.15, 0.2) is 30.3 Å². The van der Waals surface area contributed by atoms with Gasteiger partial charge in [-0.25, -0.2) is 0 Å². The molecule has 4 nitrogen and oxygen atoms in total. The highest BCUT2D eigenvalue weighted by atomic mass is 16.7. The number of hydrogen-bond donors (Lipinski definition) is 0. The van der Waals surface area contributed by atoms with Crippen molar-refractivity contribution >= 4 is 13.0 Å². The third-order valence-corrected chi connectivity index (χ3v) is 6.34. The van der Waals surface area contributed by atoms with Gasteiger partial charge in [0.15, 0.2) is 0 Å². The first-order valence-electron chi connectivity index (χ1n) is 9.40. The van der Waals surface area contributed by atoms with E-state index in [1.807, 2.05) is 36.9 Å². The number of nitrogens with zero attached hydrogens (tertiary/aromatic N) is 1. The highest BCUT2D eigenvalue weighted by Crippen LogP contribution is 2.64. The zero-order valence-electron chi connectivity index (χ0n) is 16.3. The quantitative estimate of drug-likeness (QED) is 0.766. The fraction of sp³-hybridized carbons (Fsp3) is 0.650. The molecule has 0 spiro atoms. The molecule has 1 aliphatic heterocycles. The lowest BCUT2D eigenvalue weighted by molar-refractivity contribution is -0.133. The van der Waals surface area contributed by atoms with Crippen LogP contribution in [-0.4, -0.2) is 42.2 Å². The number of carbonyl (C=O) groups excluding carboxylic acids is 1. The van der Waals surface area contributed by atoms with Crippen LogP contribution < -0.4 is 0 Å². The Kier molecular flexibility index (Phi) is 4.53. The van der Waals surface area contributed by atoms with Crippen molar-refractivity contribution < 1.29 is 14.1 Å². The third kappa shape index (κ3) is 2.82. The monoisotopic (exact) mass is 343 g/mol. The molecule has 0 unspecified atom stereocenters. The molecule has 3 rings (SSSR count). The van der Waals surface area contributed by atoms with Crippen molar-refractivity contribution in [2.75, 3.05) is 13.1 Å². The van der Waals surface area contributed by atoms with E-state index in [-0.39, 0.29) is 30.0 Å². The maximum Gasteiger partial charge on any atom is 0.462 e. The summed E-state index contributed by atoms with van der Waals surface area (Å²) in [6.07, 6.45) is 0.781. The van der Waals surface area contributed by atoms with Crippen LogP contribution in [0.1, 0.15) is 53.5 Å². The van der Waals surface area contributed by atoms with Crippen LogP contribution in [0.5, 0.6) is 0 Å². The van der Waals surface area contributed by atoms with E-state index in [1.54, 1.807) is 0 Å². The molecular weight excluding hydrogens is 313 g/mol. The number of hydrogen-bond acceptors (Lipinski definition) is 3. The molecule has 5 heteroatoms.